The summed E-state index contributed by atoms with van der Waals surface area (Å²) in [5.41, 5.74) is 0. The number of hydrogen-bond donors (Lipinski definition) is 0. The van der Waals surface area contributed by atoms with Gasteiger partial charge in [-0.1, -0.05) is 0 Å². The van der Waals surface area contributed by atoms with Gasteiger partial charge in [-0.25, -0.2) is 0 Å². The number of rotatable bonds is 8. The second-order valence-corrected chi connectivity index (χ2v) is 5.00. The molecule has 0 aliphatic carbocycles. The minimum Gasteiger partial charge on any atom is -0.550 e. The first-order valence-corrected chi connectivity index (χ1v) is 7.28. The molecule has 0 atom stereocenters. The molecule has 0 radical (unpaired) electrons. The van der Waals surface area contributed by atoms with Crippen LogP contribution in [-0.2, 0) is 90.8 Å². The van der Waals surface area contributed by atoms with Crippen molar-refractivity contribution in [2.75, 3.05) is 0 Å². The molecule has 164 valence electrons. The molecule has 0 fully saturated rings. The van der Waals surface area contributed by atoms with E-state index in [2.05, 4.69) is 0 Å². The van der Waals surface area contributed by atoms with Crippen molar-refractivity contribution in [3.63, 3.8) is 0 Å². The van der Waals surface area contributed by atoms with Crippen LogP contribution in [-0.4, -0.2) is 47.0 Å². The molecule has 12 nitrogen and oxygen atoms in total. The average Bonchev–Trinajstić information content (AvgIpc) is 2.32. The first kappa shape index (κ1) is 42.4. The van der Waals surface area contributed by atoms with Crippen LogP contribution in [0.5, 0.6) is 0 Å². The minimum atomic E-state index is -1.31. The molecule has 0 bridgehead atoms. The molecule has 0 N–H and O–H groups in total. The molecule has 30 heavy (non-hydrogen) atoms. The van der Waals surface area contributed by atoms with Gasteiger partial charge in [0.2, 0.25) is 0 Å². The fraction of sp³-hybridized carbons (Fsp3) is 0.500. The molecule has 0 spiro atoms. The SMILES string of the molecule is CC(=O)CC(=O)[O-].CC(=O)CC(=O)[O-].CC(=O)CC(=O)[O-].CC(=O)CC(=O)[O-].[Zr+2].[Zr+2]. The van der Waals surface area contributed by atoms with Crippen LogP contribution in [0.15, 0.2) is 0 Å². The van der Waals surface area contributed by atoms with E-state index in [1.807, 2.05) is 0 Å². The third kappa shape index (κ3) is 82.3. The summed E-state index contributed by atoms with van der Waals surface area (Å²) >= 11 is 0. The van der Waals surface area contributed by atoms with E-state index >= 15 is 0 Å². The molecule has 0 saturated heterocycles. The summed E-state index contributed by atoms with van der Waals surface area (Å²) in [5, 5.41) is 37.9. The number of hydrogen-bond acceptors (Lipinski definition) is 12. The predicted octanol–water partition coefficient (Wildman–Crippen LogP) is -5.14. The van der Waals surface area contributed by atoms with Crippen LogP contribution in [0.2, 0.25) is 0 Å². The average molecular weight is 587 g/mol. The van der Waals surface area contributed by atoms with Crippen LogP contribution in [0, 0.1) is 0 Å². The summed E-state index contributed by atoms with van der Waals surface area (Å²) < 4.78 is 0. The molecule has 0 aromatic rings. The van der Waals surface area contributed by atoms with Gasteiger partial charge >= 0.3 is 52.4 Å². The second kappa shape index (κ2) is 27.3. The summed E-state index contributed by atoms with van der Waals surface area (Å²) in [6.07, 6.45) is -1.89. The molecule has 0 aliphatic heterocycles. The first-order valence-electron chi connectivity index (χ1n) is 7.28. The molecule has 0 amide bonds. The quantitative estimate of drug-likeness (QED) is 0.243. The molecular weight excluding hydrogens is 567 g/mol. The first-order chi connectivity index (χ1) is 12.5. The Morgan fingerprint density at radius 1 is 0.400 bits per heavy atom. The van der Waals surface area contributed by atoms with Gasteiger partial charge in [0.1, 0.15) is 23.1 Å². The molecule has 0 aromatic heterocycles. The molecule has 0 rings (SSSR count). The topological polar surface area (TPSA) is 229 Å². The minimum absolute atomic E-state index is 0. The zero-order valence-corrected chi connectivity index (χ0v) is 21.6. The number of carboxylic acids is 4. The monoisotopic (exact) mass is 584 g/mol. The van der Waals surface area contributed by atoms with E-state index in [9.17, 15) is 58.8 Å². The van der Waals surface area contributed by atoms with Gasteiger partial charge in [0, 0.05) is 49.6 Å². The van der Waals surface area contributed by atoms with Gasteiger partial charge in [-0.05, 0) is 27.7 Å². The molecule has 14 heteroatoms. The number of carbonyl (C=O) groups is 8. The van der Waals surface area contributed by atoms with Crippen molar-refractivity contribution in [1.29, 1.82) is 0 Å². The Kier molecular flexibility index (Phi) is 38.7. The Hall–Kier alpha value is -1.67. The fourth-order valence-electron chi connectivity index (χ4n) is 0.813. The van der Waals surface area contributed by atoms with Crippen molar-refractivity contribution in [3.05, 3.63) is 0 Å². The molecule has 0 aromatic carbocycles. The van der Waals surface area contributed by atoms with Crippen molar-refractivity contribution in [3.8, 4) is 0 Å². The molecule has 0 saturated carbocycles. The Bertz CT molecular complexity index is 447. The van der Waals surface area contributed by atoms with E-state index < -0.39 is 49.6 Å². The van der Waals surface area contributed by atoms with Crippen molar-refractivity contribution in [2.45, 2.75) is 53.4 Å². The normalized spacial score (nSPS) is 7.60. The molecule has 0 heterocycles. The van der Waals surface area contributed by atoms with Crippen LogP contribution in [0.3, 0.4) is 0 Å². The third-order valence-corrected chi connectivity index (χ3v) is 1.57. The molecular formula is C16H20O12Zr2. The summed E-state index contributed by atoms with van der Waals surface area (Å²) in [5.74, 6) is -6.75. The Labute approximate surface area is 210 Å². The van der Waals surface area contributed by atoms with E-state index in [0.717, 1.165) is 0 Å². The van der Waals surface area contributed by atoms with Crippen LogP contribution in [0.4, 0.5) is 0 Å². The standard InChI is InChI=1S/4C4H6O3.2Zr/c4*1-3(5)2-4(6)7;;/h4*2H2,1H3,(H,6,7);;/q;;;;2*+2/p-4. The van der Waals surface area contributed by atoms with Gasteiger partial charge in [0.15, 0.2) is 0 Å². The Morgan fingerprint density at radius 3 is 0.500 bits per heavy atom. The number of aliphatic carboxylic acids is 4. The van der Waals surface area contributed by atoms with Crippen molar-refractivity contribution in [2.24, 2.45) is 0 Å². The van der Waals surface area contributed by atoms with Gasteiger partial charge in [0.25, 0.3) is 0 Å². The van der Waals surface area contributed by atoms with Crippen LogP contribution in [0.1, 0.15) is 53.4 Å². The van der Waals surface area contributed by atoms with Gasteiger partial charge < -0.3 is 39.6 Å². The van der Waals surface area contributed by atoms with Crippen LogP contribution >= 0.6 is 0 Å². The Balaban J connectivity index is -0.0000000626. The largest absolute Gasteiger partial charge is 2.00 e. The van der Waals surface area contributed by atoms with E-state index in [-0.39, 0.29) is 75.5 Å². The second-order valence-electron chi connectivity index (χ2n) is 5.00. The maximum atomic E-state index is 9.83. The number of carboxylic acid groups (broad SMARTS) is 4. The van der Waals surface area contributed by atoms with E-state index in [1.165, 1.54) is 27.7 Å². The zero-order valence-electron chi connectivity index (χ0n) is 16.7. The number of ketones is 4. The van der Waals surface area contributed by atoms with Gasteiger partial charge in [-0.3, -0.25) is 19.2 Å². The van der Waals surface area contributed by atoms with E-state index in [4.69, 9.17) is 0 Å². The van der Waals surface area contributed by atoms with Crippen LogP contribution in [0.25, 0.3) is 0 Å². The van der Waals surface area contributed by atoms with Gasteiger partial charge in [-0.15, -0.1) is 0 Å². The smallest absolute Gasteiger partial charge is 0.550 e. The van der Waals surface area contributed by atoms with E-state index in [1.54, 1.807) is 0 Å². The van der Waals surface area contributed by atoms with Crippen molar-refractivity contribution < 1.29 is 111 Å². The number of Topliss-reactive ketones (excluding diaryl/α,β-unsaturated/α-hetero) is 4. The molecule has 0 unspecified atom stereocenters. The predicted molar refractivity (Wildman–Crippen MR) is 81.2 cm³/mol. The van der Waals surface area contributed by atoms with Crippen molar-refractivity contribution in [1.82, 2.24) is 0 Å². The van der Waals surface area contributed by atoms with Crippen molar-refractivity contribution >= 4 is 47.0 Å². The summed E-state index contributed by atoms with van der Waals surface area (Å²) in [6.45, 7) is 4.82. The summed E-state index contributed by atoms with van der Waals surface area (Å²) in [7, 11) is 0. The maximum Gasteiger partial charge on any atom is 2.00 e. The number of carbonyl (C=O) groups excluding carboxylic acids is 8. The Morgan fingerprint density at radius 2 is 0.500 bits per heavy atom. The van der Waals surface area contributed by atoms with E-state index in [0.29, 0.717) is 0 Å². The van der Waals surface area contributed by atoms with Gasteiger partial charge in [0.05, 0.1) is 0 Å². The third-order valence-electron chi connectivity index (χ3n) is 1.57. The van der Waals surface area contributed by atoms with Crippen LogP contribution < -0.4 is 20.4 Å². The zero-order chi connectivity index (χ0) is 23.4. The summed E-state index contributed by atoms with van der Waals surface area (Å²) in [4.78, 5) is 77.2. The molecule has 0 aliphatic rings. The summed E-state index contributed by atoms with van der Waals surface area (Å²) in [6, 6.07) is 0. The fourth-order valence-corrected chi connectivity index (χ4v) is 0.813. The maximum absolute atomic E-state index is 9.83. The van der Waals surface area contributed by atoms with Gasteiger partial charge in [-0.2, -0.15) is 0 Å².